The van der Waals surface area contributed by atoms with E-state index in [1.807, 2.05) is 12.1 Å². The second-order valence-electron chi connectivity index (χ2n) is 8.13. The van der Waals surface area contributed by atoms with Crippen molar-refractivity contribution in [3.05, 3.63) is 71.8 Å². The Bertz CT molecular complexity index is 1030. The van der Waals surface area contributed by atoms with Crippen molar-refractivity contribution in [2.24, 2.45) is 10.7 Å². The lowest BCUT2D eigenvalue weighted by Gasteiger charge is -1.97. The lowest BCUT2D eigenvalue weighted by molar-refractivity contribution is -0.117. The zero-order chi connectivity index (χ0) is 23.2. The van der Waals surface area contributed by atoms with Gasteiger partial charge in [0.25, 0.3) is 0 Å². The van der Waals surface area contributed by atoms with E-state index >= 15 is 0 Å². The number of rotatable bonds is 3. The van der Waals surface area contributed by atoms with Gasteiger partial charge < -0.3 is 16.4 Å². The predicted octanol–water partition coefficient (Wildman–Crippen LogP) is 3.82. The molecule has 2 amide bonds. The van der Waals surface area contributed by atoms with Crippen LogP contribution in [0.2, 0.25) is 0 Å². The van der Waals surface area contributed by atoms with Crippen LogP contribution in [0.3, 0.4) is 0 Å². The first-order valence-electron chi connectivity index (χ1n) is 10.8. The SMILES string of the molecule is Cl.N[C@H]1C[C@@H]1c1ccccc1.O=C1CSC(=N[C@H]2C[C@@H]2c2ccccc2)N1.O=C1CSC(=S)N1. The normalized spacial score (nSPS) is 27.3. The summed E-state index contributed by atoms with van der Waals surface area (Å²) in [4.78, 5) is 25.8. The number of hydrogen-bond acceptors (Lipinski definition) is 7. The highest BCUT2D eigenvalue weighted by atomic mass is 35.5. The molecule has 180 valence electrons. The highest BCUT2D eigenvalue weighted by molar-refractivity contribution is 8.24. The summed E-state index contributed by atoms with van der Waals surface area (Å²) in [6.07, 6.45) is 2.27. The van der Waals surface area contributed by atoms with Crippen LogP contribution in [0.4, 0.5) is 0 Å². The molecule has 2 saturated carbocycles. The van der Waals surface area contributed by atoms with Gasteiger partial charge in [0.2, 0.25) is 11.8 Å². The molecule has 6 rings (SSSR count). The minimum Gasteiger partial charge on any atom is -0.327 e. The second kappa shape index (κ2) is 12.7. The van der Waals surface area contributed by atoms with Crippen LogP contribution in [0.5, 0.6) is 0 Å². The largest absolute Gasteiger partial charge is 0.327 e. The average Bonchev–Trinajstić information content (AvgIpc) is 3.68. The summed E-state index contributed by atoms with van der Waals surface area (Å²) in [6.45, 7) is 0. The summed E-state index contributed by atoms with van der Waals surface area (Å²) in [5.74, 6) is 2.31. The van der Waals surface area contributed by atoms with Gasteiger partial charge in [-0.3, -0.25) is 14.6 Å². The summed E-state index contributed by atoms with van der Waals surface area (Å²) in [5, 5.41) is 6.04. The van der Waals surface area contributed by atoms with E-state index in [9.17, 15) is 9.59 Å². The molecule has 4 atom stereocenters. The van der Waals surface area contributed by atoms with Crippen LogP contribution in [-0.4, -0.2) is 44.9 Å². The third-order valence-corrected chi connectivity index (χ3v) is 7.61. The smallest absolute Gasteiger partial charge is 0.236 e. The van der Waals surface area contributed by atoms with Crippen molar-refractivity contribution in [1.29, 1.82) is 0 Å². The standard InChI is InChI=1S/C12H12N2OS.C9H11N.C3H3NOS2.ClH/c15-11-7-16-12(14-11)13-10-6-9(10)8-4-2-1-3-5-8;10-9-6-8(9)7-4-2-1-3-5-7;5-2-1-7-3(6)4-2;/h1-5,9-10H,6-7H2,(H,13,14,15);1-5,8-9H,6,10H2;1H2,(H,4,5,6);1H/t9-,10+;8-,9+;;/m11../s1. The van der Waals surface area contributed by atoms with Crippen LogP contribution >= 0.6 is 48.1 Å². The predicted molar refractivity (Wildman–Crippen MR) is 148 cm³/mol. The monoisotopic (exact) mass is 534 g/mol. The summed E-state index contributed by atoms with van der Waals surface area (Å²) in [7, 11) is 0. The first-order valence-corrected chi connectivity index (χ1v) is 13.2. The summed E-state index contributed by atoms with van der Waals surface area (Å²) >= 11 is 7.51. The number of thiocarbonyl (C=S) groups is 1. The Balaban J connectivity index is 0.000000155. The molecule has 10 heteroatoms. The van der Waals surface area contributed by atoms with E-state index in [0.29, 0.717) is 39.7 Å². The summed E-state index contributed by atoms with van der Waals surface area (Å²) in [5.41, 5.74) is 8.45. The molecule has 34 heavy (non-hydrogen) atoms. The van der Waals surface area contributed by atoms with Crippen molar-refractivity contribution in [1.82, 2.24) is 10.6 Å². The van der Waals surface area contributed by atoms with Crippen LogP contribution in [0.1, 0.15) is 35.8 Å². The number of benzene rings is 2. The molecule has 2 aromatic carbocycles. The Morgan fingerprint density at radius 1 is 0.824 bits per heavy atom. The molecule has 0 aromatic heterocycles. The average molecular weight is 535 g/mol. The van der Waals surface area contributed by atoms with Gasteiger partial charge in [-0.05, 0) is 24.0 Å². The molecular formula is C24H27ClN4O2S3. The Morgan fingerprint density at radius 3 is 1.76 bits per heavy atom. The van der Waals surface area contributed by atoms with Gasteiger partial charge in [0.05, 0.1) is 17.5 Å². The number of amidine groups is 1. The fourth-order valence-electron chi connectivity index (χ4n) is 3.54. The Labute approximate surface area is 219 Å². The molecule has 6 nitrogen and oxygen atoms in total. The van der Waals surface area contributed by atoms with Crippen LogP contribution in [0.15, 0.2) is 65.7 Å². The molecule has 0 radical (unpaired) electrons. The maximum absolute atomic E-state index is 11.0. The van der Waals surface area contributed by atoms with E-state index in [0.717, 1.165) is 11.6 Å². The number of hydrogen-bond donors (Lipinski definition) is 3. The van der Waals surface area contributed by atoms with Crippen LogP contribution in [0.25, 0.3) is 0 Å². The van der Waals surface area contributed by atoms with Gasteiger partial charge in [-0.2, -0.15) is 0 Å². The molecular weight excluding hydrogens is 508 g/mol. The number of nitrogens with two attached hydrogens (primary N) is 1. The lowest BCUT2D eigenvalue weighted by Crippen LogP contribution is -2.20. The highest BCUT2D eigenvalue weighted by Gasteiger charge is 2.39. The number of aliphatic imine (C=N–C) groups is 1. The van der Waals surface area contributed by atoms with Crippen molar-refractivity contribution in [2.75, 3.05) is 11.5 Å². The quantitative estimate of drug-likeness (QED) is 0.518. The third kappa shape index (κ3) is 8.09. The number of carbonyl (C=O) groups is 2. The van der Waals surface area contributed by atoms with E-state index in [-0.39, 0.29) is 24.2 Å². The Hall–Kier alpha value is -1.91. The molecule has 4 fully saturated rings. The van der Waals surface area contributed by atoms with Crippen molar-refractivity contribution < 1.29 is 9.59 Å². The zero-order valence-corrected chi connectivity index (χ0v) is 21.7. The molecule has 0 bridgehead atoms. The van der Waals surface area contributed by atoms with E-state index in [4.69, 9.17) is 5.73 Å². The van der Waals surface area contributed by atoms with Gasteiger partial charge in [0.1, 0.15) is 4.32 Å². The van der Waals surface area contributed by atoms with Crippen molar-refractivity contribution >= 4 is 69.5 Å². The van der Waals surface area contributed by atoms with E-state index in [2.05, 4.69) is 76.4 Å². The molecule has 2 aromatic rings. The second-order valence-corrected chi connectivity index (χ2v) is 10.7. The van der Waals surface area contributed by atoms with E-state index in [1.165, 1.54) is 41.1 Å². The lowest BCUT2D eigenvalue weighted by atomic mass is 10.1. The number of nitrogens with zero attached hydrogens (tertiary/aromatic N) is 1. The minimum absolute atomic E-state index is 0. The number of nitrogens with one attached hydrogen (secondary N) is 2. The Kier molecular flexibility index (Phi) is 9.97. The molecule has 4 N–H and O–H groups in total. The van der Waals surface area contributed by atoms with Gasteiger partial charge in [-0.1, -0.05) is 96.4 Å². The molecule has 2 heterocycles. The third-order valence-electron chi connectivity index (χ3n) is 5.50. The molecule has 2 aliphatic carbocycles. The maximum atomic E-state index is 11.0. The molecule has 2 aliphatic heterocycles. The number of carbonyl (C=O) groups excluding carboxylic acids is 2. The molecule has 2 saturated heterocycles. The summed E-state index contributed by atoms with van der Waals surface area (Å²) in [6, 6.07) is 21.7. The fraction of sp³-hybridized carbons (Fsp3) is 0.333. The Morgan fingerprint density at radius 2 is 1.35 bits per heavy atom. The van der Waals surface area contributed by atoms with Crippen LogP contribution in [-0.2, 0) is 9.59 Å². The molecule has 4 aliphatic rings. The van der Waals surface area contributed by atoms with E-state index in [1.54, 1.807) is 0 Å². The topological polar surface area (TPSA) is 96.6 Å². The van der Waals surface area contributed by atoms with Crippen molar-refractivity contribution in [3.8, 4) is 0 Å². The van der Waals surface area contributed by atoms with Gasteiger partial charge in [0.15, 0.2) is 5.17 Å². The maximum Gasteiger partial charge on any atom is 0.236 e. The first kappa shape index (κ1) is 26.7. The van der Waals surface area contributed by atoms with Gasteiger partial charge in [-0.25, -0.2) is 0 Å². The summed E-state index contributed by atoms with van der Waals surface area (Å²) < 4.78 is 0.602. The van der Waals surface area contributed by atoms with Crippen LogP contribution in [0, 0.1) is 0 Å². The first-order chi connectivity index (χ1) is 16.0. The number of halogens is 1. The minimum atomic E-state index is 0. The number of amides is 2. The number of thioether (sulfide) groups is 2. The zero-order valence-electron chi connectivity index (χ0n) is 18.4. The fourth-order valence-corrected chi connectivity index (χ4v) is 5.09. The van der Waals surface area contributed by atoms with Crippen LogP contribution < -0.4 is 16.4 Å². The van der Waals surface area contributed by atoms with Gasteiger partial charge in [0, 0.05) is 17.9 Å². The highest BCUT2D eigenvalue weighted by Crippen LogP contribution is 2.43. The molecule has 0 spiro atoms. The molecule has 0 unspecified atom stereocenters. The van der Waals surface area contributed by atoms with Gasteiger partial charge >= 0.3 is 0 Å². The van der Waals surface area contributed by atoms with Crippen molar-refractivity contribution in [3.63, 3.8) is 0 Å². The van der Waals surface area contributed by atoms with Gasteiger partial charge in [-0.15, -0.1) is 12.4 Å². The van der Waals surface area contributed by atoms with Crippen molar-refractivity contribution in [2.45, 2.75) is 36.8 Å². The van der Waals surface area contributed by atoms with E-state index < -0.39 is 0 Å².